The summed E-state index contributed by atoms with van der Waals surface area (Å²) < 4.78 is 6.93. The number of hydrogen-bond donors (Lipinski definition) is 1. The van der Waals surface area contributed by atoms with Crippen molar-refractivity contribution in [2.75, 3.05) is 5.32 Å². The first-order valence-corrected chi connectivity index (χ1v) is 7.34. The molecule has 0 aliphatic heterocycles. The van der Waals surface area contributed by atoms with Gasteiger partial charge < -0.3 is 9.73 Å². The van der Waals surface area contributed by atoms with Gasteiger partial charge in [0.1, 0.15) is 5.58 Å². The summed E-state index contributed by atoms with van der Waals surface area (Å²) in [5.41, 5.74) is 2.54. The maximum absolute atomic E-state index is 12.1. The van der Waals surface area contributed by atoms with E-state index in [1.807, 2.05) is 26.1 Å². The van der Waals surface area contributed by atoms with Crippen molar-refractivity contribution in [2.45, 2.75) is 19.8 Å². The number of rotatable bonds is 4. The molecular weight excluding hydrogens is 294 g/mol. The van der Waals surface area contributed by atoms with Crippen LogP contribution in [0.5, 0.6) is 0 Å². The molecule has 23 heavy (non-hydrogen) atoms. The highest BCUT2D eigenvalue weighted by atomic mass is 16.4. The third-order valence-corrected chi connectivity index (χ3v) is 3.77. The normalized spacial score (nSPS) is 10.9. The Morgan fingerprint density at radius 1 is 1.30 bits per heavy atom. The van der Waals surface area contributed by atoms with Crippen LogP contribution in [0.15, 0.2) is 45.7 Å². The Morgan fingerprint density at radius 3 is 2.87 bits per heavy atom. The van der Waals surface area contributed by atoms with E-state index in [9.17, 15) is 9.59 Å². The molecule has 0 bridgehead atoms. The highest BCUT2D eigenvalue weighted by Gasteiger charge is 2.08. The molecule has 0 aliphatic rings. The van der Waals surface area contributed by atoms with Crippen molar-refractivity contribution < 1.29 is 9.21 Å². The van der Waals surface area contributed by atoms with Gasteiger partial charge in [-0.15, -0.1) is 0 Å². The highest BCUT2D eigenvalue weighted by molar-refractivity contribution is 5.93. The second-order valence-electron chi connectivity index (χ2n) is 5.45. The number of amides is 1. The molecule has 0 fully saturated rings. The molecule has 0 radical (unpaired) electrons. The molecule has 2 aromatic heterocycles. The van der Waals surface area contributed by atoms with Gasteiger partial charge in [-0.25, -0.2) is 4.79 Å². The van der Waals surface area contributed by atoms with Gasteiger partial charge in [0.05, 0.1) is 0 Å². The highest BCUT2D eigenvalue weighted by Crippen LogP contribution is 2.20. The smallest absolute Gasteiger partial charge is 0.336 e. The number of nitrogens with one attached hydrogen (secondary N) is 1. The molecular formula is C17H17N3O3. The molecule has 6 nitrogen and oxygen atoms in total. The second-order valence-corrected chi connectivity index (χ2v) is 5.45. The number of hydrogen-bond acceptors (Lipinski definition) is 4. The first kappa shape index (κ1) is 15.0. The van der Waals surface area contributed by atoms with Crippen molar-refractivity contribution in [1.82, 2.24) is 9.78 Å². The van der Waals surface area contributed by atoms with Crippen molar-refractivity contribution >= 4 is 22.6 Å². The Bertz CT molecular complexity index is 924. The number of benzene rings is 1. The fourth-order valence-corrected chi connectivity index (χ4v) is 2.51. The Labute approximate surface area is 132 Å². The van der Waals surface area contributed by atoms with Crippen LogP contribution in [0, 0.1) is 6.92 Å². The number of carbonyl (C=O) groups is 1. The lowest BCUT2D eigenvalue weighted by Crippen LogP contribution is -2.13. The van der Waals surface area contributed by atoms with Gasteiger partial charge in [0, 0.05) is 48.6 Å². The molecule has 0 spiro atoms. The van der Waals surface area contributed by atoms with E-state index in [-0.39, 0.29) is 5.91 Å². The zero-order chi connectivity index (χ0) is 16.4. The topological polar surface area (TPSA) is 77.1 Å². The molecule has 1 N–H and O–H groups in total. The quantitative estimate of drug-likeness (QED) is 0.751. The summed E-state index contributed by atoms with van der Waals surface area (Å²) in [6.07, 6.45) is 2.68. The monoisotopic (exact) mass is 311 g/mol. The largest absolute Gasteiger partial charge is 0.423 e. The number of fused-ring (bicyclic) bond motifs is 1. The van der Waals surface area contributed by atoms with Gasteiger partial charge in [0.2, 0.25) is 5.91 Å². The molecule has 3 rings (SSSR count). The maximum atomic E-state index is 12.1. The van der Waals surface area contributed by atoms with Crippen LogP contribution in [0.2, 0.25) is 0 Å². The van der Waals surface area contributed by atoms with Crippen molar-refractivity contribution in [3.05, 3.63) is 58.2 Å². The summed E-state index contributed by atoms with van der Waals surface area (Å²) in [6, 6.07) is 8.66. The van der Waals surface area contributed by atoms with Crippen LogP contribution in [0.4, 0.5) is 5.69 Å². The van der Waals surface area contributed by atoms with E-state index in [0.29, 0.717) is 24.1 Å². The third kappa shape index (κ3) is 3.31. The Hall–Kier alpha value is -2.89. The van der Waals surface area contributed by atoms with E-state index >= 15 is 0 Å². The maximum Gasteiger partial charge on any atom is 0.336 e. The van der Waals surface area contributed by atoms with Crippen LogP contribution < -0.4 is 10.9 Å². The number of aryl methyl sites for hydroxylation is 3. The second kappa shape index (κ2) is 6.08. The third-order valence-electron chi connectivity index (χ3n) is 3.77. The minimum atomic E-state index is -0.394. The lowest BCUT2D eigenvalue weighted by Gasteiger charge is -2.07. The van der Waals surface area contributed by atoms with E-state index in [1.165, 1.54) is 6.07 Å². The SMILES string of the molecule is Cc1cc(=O)oc2cc(NC(=O)CCc3ccnn3C)ccc12. The first-order valence-electron chi connectivity index (χ1n) is 7.34. The molecule has 0 saturated heterocycles. The van der Waals surface area contributed by atoms with E-state index in [0.717, 1.165) is 16.6 Å². The van der Waals surface area contributed by atoms with Gasteiger partial charge in [-0.2, -0.15) is 5.10 Å². The average molecular weight is 311 g/mol. The fraction of sp³-hybridized carbons (Fsp3) is 0.235. The van der Waals surface area contributed by atoms with Crippen LogP contribution in [0.3, 0.4) is 0 Å². The Morgan fingerprint density at radius 2 is 2.13 bits per heavy atom. The summed E-state index contributed by atoms with van der Waals surface area (Å²) in [6.45, 7) is 1.85. The minimum absolute atomic E-state index is 0.0967. The standard InChI is InChI=1S/C17H17N3O3/c1-11-9-17(22)23-15-10-12(3-5-14(11)15)19-16(21)6-4-13-7-8-18-20(13)2/h3,5,7-10H,4,6H2,1-2H3,(H,19,21). The molecule has 0 atom stereocenters. The Kier molecular flexibility index (Phi) is 3.97. The molecule has 118 valence electrons. The molecule has 0 aliphatic carbocycles. The van der Waals surface area contributed by atoms with Gasteiger partial charge in [0.15, 0.2) is 0 Å². The first-order chi connectivity index (χ1) is 11.0. The molecule has 1 aromatic carbocycles. The fourth-order valence-electron chi connectivity index (χ4n) is 2.51. The van der Waals surface area contributed by atoms with Gasteiger partial charge in [0.25, 0.3) is 0 Å². The van der Waals surface area contributed by atoms with Crippen LogP contribution in [0.25, 0.3) is 11.0 Å². The molecule has 1 amide bonds. The molecule has 6 heteroatoms. The number of aromatic nitrogens is 2. The van der Waals surface area contributed by atoms with Gasteiger partial charge in [-0.05, 0) is 37.1 Å². The van der Waals surface area contributed by atoms with Gasteiger partial charge in [-0.3, -0.25) is 9.48 Å². The predicted molar refractivity (Wildman–Crippen MR) is 87.4 cm³/mol. The molecule has 2 heterocycles. The van der Waals surface area contributed by atoms with E-state index in [2.05, 4.69) is 10.4 Å². The van der Waals surface area contributed by atoms with Crippen LogP contribution >= 0.6 is 0 Å². The minimum Gasteiger partial charge on any atom is -0.423 e. The number of nitrogens with zero attached hydrogens (tertiary/aromatic N) is 2. The van der Waals surface area contributed by atoms with Gasteiger partial charge >= 0.3 is 5.63 Å². The van der Waals surface area contributed by atoms with E-state index < -0.39 is 5.63 Å². The van der Waals surface area contributed by atoms with Crippen molar-refractivity contribution in [1.29, 1.82) is 0 Å². The summed E-state index contributed by atoms with van der Waals surface area (Å²) in [7, 11) is 1.85. The van der Waals surface area contributed by atoms with Crippen molar-refractivity contribution in [3.8, 4) is 0 Å². The molecule has 0 saturated carbocycles. The molecule has 3 aromatic rings. The average Bonchev–Trinajstić information content (AvgIpc) is 2.90. The molecule has 0 unspecified atom stereocenters. The zero-order valence-corrected chi connectivity index (χ0v) is 13.0. The predicted octanol–water partition coefficient (Wildman–Crippen LogP) is 2.41. The summed E-state index contributed by atoms with van der Waals surface area (Å²) in [5.74, 6) is -0.0967. The van der Waals surface area contributed by atoms with Gasteiger partial charge in [-0.1, -0.05) is 0 Å². The van der Waals surface area contributed by atoms with Crippen molar-refractivity contribution in [2.24, 2.45) is 7.05 Å². The lowest BCUT2D eigenvalue weighted by atomic mass is 10.1. The lowest BCUT2D eigenvalue weighted by molar-refractivity contribution is -0.116. The van der Waals surface area contributed by atoms with E-state index in [4.69, 9.17) is 4.42 Å². The summed E-state index contributed by atoms with van der Waals surface area (Å²) in [4.78, 5) is 23.5. The van der Waals surface area contributed by atoms with Crippen LogP contribution in [-0.2, 0) is 18.3 Å². The Balaban J connectivity index is 1.72. The number of anilines is 1. The van der Waals surface area contributed by atoms with Crippen LogP contribution in [0.1, 0.15) is 17.7 Å². The van der Waals surface area contributed by atoms with E-state index in [1.54, 1.807) is 23.0 Å². The summed E-state index contributed by atoms with van der Waals surface area (Å²) >= 11 is 0. The van der Waals surface area contributed by atoms with Crippen LogP contribution in [-0.4, -0.2) is 15.7 Å². The summed E-state index contributed by atoms with van der Waals surface area (Å²) in [5, 5.41) is 7.76. The zero-order valence-electron chi connectivity index (χ0n) is 13.0. The number of carbonyl (C=O) groups excluding carboxylic acids is 1. The van der Waals surface area contributed by atoms with Crippen molar-refractivity contribution in [3.63, 3.8) is 0 Å².